The summed E-state index contributed by atoms with van der Waals surface area (Å²) in [5, 5.41) is 9.15. The van der Waals surface area contributed by atoms with Crippen molar-refractivity contribution < 1.29 is 9.90 Å². The molecule has 0 fully saturated rings. The normalized spacial score (nSPS) is 10.9. The van der Waals surface area contributed by atoms with E-state index in [4.69, 9.17) is 5.11 Å². The molecule has 8 heteroatoms. The van der Waals surface area contributed by atoms with Gasteiger partial charge in [0.2, 0.25) is 0 Å². The fourth-order valence-corrected chi connectivity index (χ4v) is 3.04. The predicted molar refractivity (Wildman–Crippen MR) is 72.3 cm³/mol. The number of aromatic nitrogens is 2. The number of alkyl halides is 1. The minimum atomic E-state index is -1.10. The molecule has 1 N–H and O–H groups in total. The highest BCUT2D eigenvalue weighted by Crippen LogP contribution is 2.21. The summed E-state index contributed by atoms with van der Waals surface area (Å²) in [7, 11) is 1.52. The molecule has 0 bridgehead atoms. The van der Waals surface area contributed by atoms with E-state index in [-0.39, 0.29) is 14.8 Å². The fraction of sp³-hybridized carbons (Fsp3) is 0.222. The van der Waals surface area contributed by atoms with Gasteiger partial charge in [-0.3, -0.25) is 9.36 Å². The molecular formula is C9H7IN2O4S. The Kier molecular flexibility index (Phi) is 3.08. The van der Waals surface area contributed by atoms with E-state index < -0.39 is 17.2 Å². The number of carboxylic acids is 1. The first kappa shape index (κ1) is 12.3. The lowest BCUT2D eigenvalue weighted by molar-refractivity contribution is 0.0702. The molecule has 90 valence electrons. The van der Waals surface area contributed by atoms with E-state index in [0.717, 1.165) is 15.9 Å². The standard InChI is InChI=1S/C9H7IN2O4S/c1-11-7-4(2-5(17-7)8(14)15)6(13)12(3-10)9(11)16/h2H,3H2,1H3,(H,14,15). The zero-order chi connectivity index (χ0) is 12.7. The lowest BCUT2D eigenvalue weighted by Crippen LogP contribution is -2.37. The summed E-state index contributed by atoms with van der Waals surface area (Å²) >= 11 is 2.84. The highest BCUT2D eigenvalue weighted by Gasteiger charge is 2.16. The molecule has 0 radical (unpaired) electrons. The van der Waals surface area contributed by atoms with Crippen molar-refractivity contribution in [2.75, 3.05) is 0 Å². The highest BCUT2D eigenvalue weighted by molar-refractivity contribution is 14.1. The van der Waals surface area contributed by atoms with Gasteiger partial charge < -0.3 is 5.11 Å². The molecule has 0 saturated heterocycles. The minimum absolute atomic E-state index is 0.0540. The van der Waals surface area contributed by atoms with Gasteiger partial charge in [-0.2, -0.15) is 0 Å². The zero-order valence-electron chi connectivity index (χ0n) is 8.64. The van der Waals surface area contributed by atoms with Crippen molar-refractivity contribution in [3.8, 4) is 0 Å². The summed E-state index contributed by atoms with van der Waals surface area (Å²) in [5.74, 6) is -1.10. The Hall–Kier alpha value is -1.16. The zero-order valence-corrected chi connectivity index (χ0v) is 11.6. The second-order valence-electron chi connectivity index (χ2n) is 3.33. The molecule has 0 atom stereocenters. The van der Waals surface area contributed by atoms with Crippen LogP contribution in [0.5, 0.6) is 0 Å². The number of hydrogen-bond acceptors (Lipinski definition) is 4. The maximum absolute atomic E-state index is 11.9. The molecule has 2 heterocycles. The summed E-state index contributed by atoms with van der Waals surface area (Å²) in [6.07, 6.45) is 0. The number of thiophene rings is 1. The van der Waals surface area contributed by atoms with Crippen LogP contribution >= 0.6 is 33.9 Å². The van der Waals surface area contributed by atoms with Crippen LogP contribution in [0.2, 0.25) is 0 Å². The van der Waals surface area contributed by atoms with Crippen LogP contribution in [-0.2, 0) is 11.6 Å². The molecule has 0 spiro atoms. The average molecular weight is 366 g/mol. The van der Waals surface area contributed by atoms with Gasteiger partial charge in [0.25, 0.3) is 5.56 Å². The molecule has 17 heavy (non-hydrogen) atoms. The van der Waals surface area contributed by atoms with E-state index in [1.54, 1.807) is 0 Å². The van der Waals surface area contributed by atoms with Crippen LogP contribution in [0.25, 0.3) is 10.2 Å². The topological polar surface area (TPSA) is 81.3 Å². The van der Waals surface area contributed by atoms with E-state index in [0.29, 0.717) is 4.83 Å². The number of aryl methyl sites for hydroxylation is 1. The molecule has 0 aliphatic heterocycles. The first-order valence-corrected chi connectivity index (χ1v) is 6.84. The Morgan fingerprint density at radius 3 is 2.71 bits per heavy atom. The number of carbonyl (C=O) groups is 1. The highest BCUT2D eigenvalue weighted by atomic mass is 127. The number of aromatic carboxylic acids is 1. The fourth-order valence-electron chi connectivity index (χ4n) is 1.49. The van der Waals surface area contributed by atoms with Crippen LogP contribution in [-0.4, -0.2) is 20.2 Å². The second kappa shape index (κ2) is 4.26. The molecule has 2 aromatic rings. The maximum atomic E-state index is 11.9. The van der Waals surface area contributed by atoms with Gasteiger partial charge >= 0.3 is 11.7 Å². The average Bonchev–Trinajstić information content (AvgIpc) is 2.72. The molecule has 2 aromatic heterocycles. The third kappa shape index (κ3) is 1.80. The van der Waals surface area contributed by atoms with Crippen LogP contribution in [0.15, 0.2) is 15.7 Å². The second-order valence-corrected chi connectivity index (χ2v) is 5.04. The first-order valence-electron chi connectivity index (χ1n) is 4.50. The third-order valence-electron chi connectivity index (χ3n) is 2.34. The van der Waals surface area contributed by atoms with Gasteiger partial charge in [-0.25, -0.2) is 14.2 Å². The quantitative estimate of drug-likeness (QED) is 0.631. The molecule has 6 nitrogen and oxygen atoms in total. The lowest BCUT2D eigenvalue weighted by Gasteiger charge is -2.04. The van der Waals surface area contributed by atoms with E-state index in [2.05, 4.69) is 0 Å². The van der Waals surface area contributed by atoms with Gasteiger partial charge in [0.15, 0.2) is 0 Å². The van der Waals surface area contributed by atoms with E-state index in [1.807, 2.05) is 22.6 Å². The van der Waals surface area contributed by atoms with E-state index in [1.165, 1.54) is 17.7 Å². The SMILES string of the molecule is Cn1c(=O)n(CI)c(=O)c2cc(C(=O)O)sc21. The van der Waals surface area contributed by atoms with Crippen LogP contribution in [0.3, 0.4) is 0 Å². The van der Waals surface area contributed by atoms with Gasteiger partial charge in [-0.1, -0.05) is 22.6 Å². The Morgan fingerprint density at radius 2 is 2.18 bits per heavy atom. The maximum Gasteiger partial charge on any atom is 0.345 e. The Bertz CT molecular complexity index is 727. The molecule has 0 unspecified atom stereocenters. The molecule has 0 aliphatic carbocycles. The van der Waals surface area contributed by atoms with Crippen molar-refractivity contribution in [2.45, 2.75) is 4.55 Å². The van der Waals surface area contributed by atoms with Gasteiger partial charge in [0.05, 0.1) is 9.94 Å². The van der Waals surface area contributed by atoms with E-state index in [9.17, 15) is 14.4 Å². The third-order valence-corrected chi connectivity index (χ3v) is 4.22. The van der Waals surface area contributed by atoms with Crippen LogP contribution in [0.4, 0.5) is 0 Å². The van der Waals surface area contributed by atoms with Gasteiger partial charge in [-0.05, 0) is 6.07 Å². The largest absolute Gasteiger partial charge is 0.477 e. The van der Waals surface area contributed by atoms with Crippen molar-refractivity contribution >= 4 is 50.1 Å². The Balaban J connectivity index is 2.99. The minimum Gasteiger partial charge on any atom is -0.477 e. The van der Waals surface area contributed by atoms with Crippen molar-refractivity contribution in [1.82, 2.24) is 9.13 Å². The molecular weight excluding hydrogens is 359 g/mol. The number of halogens is 1. The summed E-state index contributed by atoms with van der Waals surface area (Å²) in [6, 6.07) is 1.31. The van der Waals surface area contributed by atoms with Crippen molar-refractivity contribution in [1.29, 1.82) is 0 Å². The lowest BCUT2D eigenvalue weighted by atomic mass is 10.3. The predicted octanol–water partition coefficient (Wildman–Crippen LogP) is 0.852. The number of nitrogens with zero attached hydrogens (tertiary/aromatic N) is 2. The molecule has 0 aliphatic rings. The summed E-state index contributed by atoms with van der Waals surface area (Å²) in [5.41, 5.74) is -0.878. The van der Waals surface area contributed by atoms with Crippen LogP contribution in [0.1, 0.15) is 9.67 Å². The number of fused-ring (bicyclic) bond motifs is 1. The van der Waals surface area contributed by atoms with Crippen molar-refractivity contribution in [3.05, 3.63) is 31.8 Å². The number of carboxylic acid groups (broad SMARTS) is 1. The molecule has 0 amide bonds. The molecule has 2 rings (SSSR count). The smallest absolute Gasteiger partial charge is 0.345 e. The van der Waals surface area contributed by atoms with Crippen LogP contribution < -0.4 is 11.2 Å². The van der Waals surface area contributed by atoms with Crippen LogP contribution in [0, 0.1) is 0 Å². The van der Waals surface area contributed by atoms with Gasteiger partial charge in [0.1, 0.15) is 9.71 Å². The Labute approximate surface area is 112 Å². The summed E-state index contributed by atoms with van der Waals surface area (Å²) in [4.78, 5) is 35.0. The van der Waals surface area contributed by atoms with Gasteiger partial charge in [0, 0.05) is 7.05 Å². The molecule has 0 saturated carbocycles. The summed E-state index contributed by atoms with van der Waals surface area (Å²) < 4.78 is 2.60. The number of hydrogen-bond donors (Lipinski definition) is 1. The monoisotopic (exact) mass is 366 g/mol. The van der Waals surface area contributed by atoms with Crippen molar-refractivity contribution in [2.24, 2.45) is 7.05 Å². The van der Waals surface area contributed by atoms with E-state index >= 15 is 0 Å². The molecule has 0 aromatic carbocycles. The first-order chi connectivity index (χ1) is 7.97. The van der Waals surface area contributed by atoms with Gasteiger partial charge in [-0.15, -0.1) is 11.3 Å². The number of rotatable bonds is 2. The summed E-state index contributed by atoms with van der Waals surface area (Å²) in [6.45, 7) is 0. The Morgan fingerprint density at radius 1 is 1.53 bits per heavy atom. The van der Waals surface area contributed by atoms with Crippen molar-refractivity contribution in [3.63, 3.8) is 0 Å².